The minimum Gasteiger partial charge on any atom is -0.497 e. The van der Waals surface area contributed by atoms with E-state index in [0.717, 1.165) is 5.56 Å². The summed E-state index contributed by atoms with van der Waals surface area (Å²) in [5.74, 6) is 1.13. The molecule has 6 nitrogen and oxygen atoms in total. The molecule has 0 aliphatic carbocycles. The minimum atomic E-state index is -3.18. The fourth-order valence-electron chi connectivity index (χ4n) is 3.79. The number of nitrogens with zero attached hydrogens (tertiary/aromatic N) is 1. The highest BCUT2D eigenvalue weighted by Crippen LogP contribution is 2.26. The maximum atomic E-state index is 13.2. The second kappa shape index (κ2) is 9.62. The van der Waals surface area contributed by atoms with Crippen LogP contribution < -0.4 is 4.74 Å². The Hall–Kier alpha value is -3.39. The highest BCUT2D eigenvalue weighted by atomic mass is 32.2. The molecule has 1 aliphatic heterocycles. The molecule has 2 heterocycles. The van der Waals surface area contributed by atoms with Crippen molar-refractivity contribution >= 4 is 21.8 Å². The fraction of sp³-hybridized carbons (Fsp3) is 0.240. The number of furan rings is 1. The average molecular weight is 470 g/mol. The number of benzene rings is 2. The highest BCUT2D eigenvalue weighted by molar-refractivity contribution is 7.91. The zero-order valence-electron chi connectivity index (χ0n) is 18.1. The van der Waals surface area contributed by atoms with Gasteiger partial charge < -0.3 is 14.1 Å². The number of ether oxygens (including phenoxy) is 1. The van der Waals surface area contributed by atoms with Crippen LogP contribution in [0.3, 0.4) is 0 Å². The van der Waals surface area contributed by atoms with Gasteiger partial charge in [-0.1, -0.05) is 12.1 Å². The summed E-state index contributed by atoms with van der Waals surface area (Å²) < 4.78 is 48.3. The van der Waals surface area contributed by atoms with Crippen LogP contribution in [0.5, 0.6) is 5.75 Å². The molecule has 1 aliphatic rings. The van der Waals surface area contributed by atoms with Gasteiger partial charge in [-0.3, -0.25) is 4.79 Å². The van der Waals surface area contributed by atoms with Crippen LogP contribution in [-0.2, 0) is 21.2 Å². The zero-order chi connectivity index (χ0) is 23.4. The first-order valence-corrected chi connectivity index (χ1v) is 12.3. The molecule has 0 radical (unpaired) electrons. The number of rotatable bonds is 7. The molecule has 4 rings (SSSR count). The van der Waals surface area contributed by atoms with Gasteiger partial charge in [0.2, 0.25) is 5.91 Å². The Balaban J connectivity index is 1.54. The average Bonchev–Trinajstić information content (AvgIpc) is 3.42. The Morgan fingerprint density at radius 1 is 1.12 bits per heavy atom. The second-order valence-corrected chi connectivity index (χ2v) is 10.1. The quantitative estimate of drug-likeness (QED) is 0.482. The Morgan fingerprint density at radius 3 is 2.48 bits per heavy atom. The zero-order valence-corrected chi connectivity index (χ0v) is 18.9. The molecule has 0 spiro atoms. The van der Waals surface area contributed by atoms with E-state index in [9.17, 15) is 17.6 Å². The number of hydrogen-bond donors (Lipinski definition) is 0. The summed E-state index contributed by atoms with van der Waals surface area (Å²) >= 11 is 0. The van der Waals surface area contributed by atoms with Gasteiger partial charge in [0.05, 0.1) is 25.2 Å². The van der Waals surface area contributed by atoms with E-state index in [0.29, 0.717) is 29.3 Å². The Kier molecular flexibility index (Phi) is 6.65. The van der Waals surface area contributed by atoms with Crippen molar-refractivity contribution in [3.63, 3.8) is 0 Å². The standard InChI is InChI=1S/C25H24FNO5S/c1-31-22-9-2-18(3-10-22)4-13-25(28)27(21-14-15-33(29,30)17-21)16-23-11-12-24(32-23)19-5-7-20(26)8-6-19/h2-13,21H,14-17H2,1H3/b13-4+. The third-order valence-corrected chi connectivity index (χ3v) is 7.33. The predicted molar refractivity (Wildman–Crippen MR) is 124 cm³/mol. The Morgan fingerprint density at radius 2 is 1.85 bits per heavy atom. The molecule has 0 bridgehead atoms. The Bertz CT molecular complexity index is 1250. The first-order chi connectivity index (χ1) is 15.8. The van der Waals surface area contributed by atoms with Crippen molar-refractivity contribution in [3.05, 3.63) is 83.9 Å². The van der Waals surface area contributed by atoms with Gasteiger partial charge in [-0.25, -0.2) is 12.8 Å². The normalized spacial score (nSPS) is 17.3. The van der Waals surface area contributed by atoms with E-state index in [-0.39, 0.29) is 29.8 Å². The summed E-state index contributed by atoms with van der Waals surface area (Å²) in [5, 5.41) is 0. The van der Waals surface area contributed by atoms with Crippen LogP contribution in [-0.4, -0.2) is 43.9 Å². The molecule has 8 heteroatoms. The summed E-state index contributed by atoms with van der Waals surface area (Å²) in [7, 11) is -1.60. The molecule has 0 saturated carbocycles. The Labute approximate surface area is 192 Å². The predicted octanol–water partition coefficient (Wildman–Crippen LogP) is 4.32. The lowest BCUT2D eigenvalue weighted by Gasteiger charge is -2.26. The molecule has 0 N–H and O–H groups in total. The molecule has 1 unspecified atom stereocenters. The van der Waals surface area contributed by atoms with Gasteiger partial charge in [0.25, 0.3) is 0 Å². The number of hydrogen-bond acceptors (Lipinski definition) is 5. The van der Waals surface area contributed by atoms with Crippen LogP contribution >= 0.6 is 0 Å². The van der Waals surface area contributed by atoms with Crippen LogP contribution in [0.2, 0.25) is 0 Å². The molecule has 1 amide bonds. The number of halogens is 1. The maximum Gasteiger partial charge on any atom is 0.247 e. The minimum absolute atomic E-state index is 0.0582. The van der Waals surface area contributed by atoms with Crippen LogP contribution in [0.25, 0.3) is 17.4 Å². The molecular weight excluding hydrogens is 445 g/mol. The van der Waals surface area contributed by atoms with Gasteiger partial charge >= 0.3 is 0 Å². The van der Waals surface area contributed by atoms with E-state index in [4.69, 9.17) is 9.15 Å². The van der Waals surface area contributed by atoms with Crippen LogP contribution in [0.15, 0.2) is 71.2 Å². The van der Waals surface area contributed by atoms with Crippen molar-refractivity contribution in [1.29, 1.82) is 0 Å². The van der Waals surface area contributed by atoms with Crippen LogP contribution in [0.1, 0.15) is 17.7 Å². The van der Waals surface area contributed by atoms with Gasteiger partial charge in [0.15, 0.2) is 9.84 Å². The largest absolute Gasteiger partial charge is 0.497 e. The summed E-state index contributed by atoms with van der Waals surface area (Å²) in [6, 6.07) is 16.2. The highest BCUT2D eigenvalue weighted by Gasteiger charge is 2.34. The van der Waals surface area contributed by atoms with E-state index >= 15 is 0 Å². The summed E-state index contributed by atoms with van der Waals surface area (Å²) in [4.78, 5) is 14.6. The van der Waals surface area contributed by atoms with E-state index < -0.39 is 15.9 Å². The van der Waals surface area contributed by atoms with E-state index in [1.165, 1.54) is 23.1 Å². The number of carbonyl (C=O) groups excluding carboxylic acids is 1. The van der Waals surface area contributed by atoms with Crippen LogP contribution in [0.4, 0.5) is 4.39 Å². The molecule has 1 atom stereocenters. The van der Waals surface area contributed by atoms with Crippen molar-refractivity contribution < 1.29 is 26.8 Å². The number of carbonyl (C=O) groups is 1. The smallest absolute Gasteiger partial charge is 0.247 e. The van der Waals surface area contributed by atoms with Gasteiger partial charge in [-0.05, 0) is 66.6 Å². The van der Waals surface area contributed by atoms with Crippen molar-refractivity contribution in [2.75, 3.05) is 18.6 Å². The van der Waals surface area contributed by atoms with Crippen molar-refractivity contribution in [2.45, 2.75) is 19.0 Å². The third kappa shape index (κ3) is 5.70. The lowest BCUT2D eigenvalue weighted by molar-refractivity contribution is -0.128. The first kappa shape index (κ1) is 22.8. The molecule has 3 aromatic rings. The maximum absolute atomic E-state index is 13.2. The van der Waals surface area contributed by atoms with E-state index in [1.807, 2.05) is 12.1 Å². The molecule has 33 heavy (non-hydrogen) atoms. The topological polar surface area (TPSA) is 76.8 Å². The van der Waals surface area contributed by atoms with Crippen molar-refractivity contribution in [1.82, 2.24) is 4.90 Å². The number of sulfone groups is 1. The summed E-state index contributed by atoms with van der Waals surface area (Å²) in [6.45, 7) is 0.132. The fourth-order valence-corrected chi connectivity index (χ4v) is 5.52. The summed E-state index contributed by atoms with van der Waals surface area (Å²) in [6.07, 6.45) is 3.51. The second-order valence-electron chi connectivity index (χ2n) is 7.90. The van der Waals surface area contributed by atoms with Crippen LogP contribution in [0, 0.1) is 5.82 Å². The SMILES string of the molecule is COc1ccc(/C=C/C(=O)N(Cc2ccc(-c3ccc(F)cc3)o2)C2CCS(=O)(=O)C2)cc1. The van der Waals surface area contributed by atoms with Gasteiger partial charge in [0, 0.05) is 17.7 Å². The first-order valence-electron chi connectivity index (χ1n) is 10.5. The summed E-state index contributed by atoms with van der Waals surface area (Å²) in [5.41, 5.74) is 1.53. The van der Waals surface area contributed by atoms with E-state index in [1.54, 1.807) is 49.6 Å². The molecular formula is C25H24FNO5S. The van der Waals surface area contributed by atoms with E-state index in [2.05, 4.69) is 0 Å². The molecule has 2 aromatic carbocycles. The number of amides is 1. The van der Waals surface area contributed by atoms with Gasteiger partial charge in [-0.2, -0.15) is 0 Å². The lowest BCUT2D eigenvalue weighted by atomic mass is 10.1. The lowest BCUT2D eigenvalue weighted by Crippen LogP contribution is -2.39. The third-order valence-electron chi connectivity index (χ3n) is 5.58. The molecule has 1 saturated heterocycles. The van der Waals surface area contributed by atoms with Gasteiger partial charge in [-0.15, -0.1) is 0 Å². The van der Waals surface area contributed by atoms with Gasteiger partial charge in [0.1, 0.15) is 23.1 Å². The van der Waals surface area contributed by atoms with Crippen molar-refractivity contribution in [3.8, 4) is 17.1 Å². The number of methoxy groups -OCH3 is 1. The molecule has 1 fully saturated rings. The molecule has 172 valence electrons. The van der Waals surface area contributed by atoms with Crippen molar-refractivity contribution in [2.24, 2.45) is 0 Å². The monoisotopic (exact) mass is 469 g/mol. The molecule has 1 aromatic heterocycles.